The van der Waals surface area contributed by atoms with Gasteiger partial charge in [0.15, 0.2) is 0 Å². The minimum Gasteiger partial charge on any atom is -0.370 e. The Morgan fingerprint density at radius 3 is 2.81 bits per heavy atom. The highest BCUT2D eigenvalue weighted by Crippen LogP contribution is 2.29. The number of aromatic nitrogens is 2. The topological polar surface area (TPSA) is 58.1 Å². The fourth-order valence-electron chi connectivity index (χ4n) is 2.86. The van der Waals surface area contributed by atoms with Gasteiger partial charge < -0.3 is 10.2 Å². The van der Waals surface area contributed by atoms with Gasteiger partial charge in [-0.1, -0.05) is 0 Å². The third-order valence-electron chi connectivity index (χ3n) is 3.99. The molecule has 2 aromatic heterocycles. The molecule has 0 aromatic carbocycles. The van der Waals surface area contributed by atoms with Crippen LogP contribution in [0.15, 0.2) is 18.3 Å². The zero-order valence-corrected chi connectivity index (χ0v) is 12.4. The molecule has 4 heterocycles. The Hall–Kier alpha value is -1.95. The van der Waals surface area contributed by atoms with Crippen LogP contribution in [-0.4, -0.2) is 35.5 Å². The lowest BCUT2D eigenvalue weighted by Gasteiger charge is -2.16. The van der Waals surface area contributed by atoms with Gasteiger partial charge >= 0.3 is 0 Å². The molecule has 1 amide bonds. The van der Waals surface area contributed by atoms with Crippen LogP contribution in [0.4, 0.5) is 5.69 Å². The van der Waals surface area contributed by atoms with Crippen molar-refractivity contribution in [1.82, 2.24) is 15.3 Å². The summed E-state index contributed by atoms with van der Waals surface area (Å²) in [5, 5.41) is 3.69. The largest absolute Gasteiger partial charge is 0.370 e. The number of nitrogens with one attached hydrogen (secondary N) is 1. The molecule has 5 nitrogen and oxygen atoms in total. The summed E-state index contributed by atoms with van der Waals surface area (Å²) in [7, 11) is 0. The minimum absolute atomic E-state index is 0.00585. The number of anilines is 1. The number of thiazole rings is 1. The van der Waals surface area contributed by atoms with Crippen LogP contribution in [-0.2, 0) is 6.42 Å². The van der Waals surface area contributed by atoms with Gasteiger partial charge in [-0.25, -0.2) is 4.98 Å². The van der Waals surface area contributed by atoms with E-state index in [9.17, 15) is 4.79 Å². The molecule has 0 atom stereocenters. The lowest BCUT2D eigenvalue weighted by Crippen LogP contribution is -2.30. The lowest BCUT2D eigenvalue weighted by atomic mass is 10.2. The second kappa shape index (κ2) is 5.11. The van der Waals surface area contributed by atoms with E-state index in [1.54, 1.807) is 0 Å². The van der Waals surface area contributed by atoms with Crippen LogP contribution in [0, 0.1) is 0 Å². The quantitative estimate of drug-likeness (QED) is 0.922. The summed E-state index contributed by atoms with van der Waals surface area (Å²) < 4.78 is 0. The maximum atomic E-state index is 11.8. The minimum atomic E-state index is -0.00585. The summed E-state index contributed by atoms with van der Waals surface area (Å²) in [5.74, 6) is -0.00585. The Balaban J connectivity index is 1.63. The molecule has 1 fully saturated rings. The first-order valence-electron chi connectivity index (χ1n) is 7.30. The Kier molecular flexibility index (Phi) is 3.11. The number of hydrogen-bond acceptors (Lipinski definition) is 5. The van der Waals surface area contributed by atoms with Gasteiger partial charge in [0.05, 0.1) is 23.3 Å². The van der Waals surface area contributed by atoms with Gasteiger partial charge in [0.2, 0.25) is 0 Å². The number of carbonyl (C=O) groups is 1. The highest BCUT2D eigenvalue weighted by Gasteiger charge is 2.22. The number of hydrogen-bond donors (Lipinski definition) is 1. The molecule has 0 unspecified atom stereocenters. The number of fused-ring (bicyclic) bond motifs is 1. The molecule has 0 saturated carbocycles. The van der Waals surface area contributed by atoms with Gasteiger partial charge in [0, 0.05) is 26.1 Å². The molecule has 2 aliphatic rings. The summed E-state index contributed by atoms with van der Waals surface area (Å²) in [6.45, 7) is 2.91. The van der Waals surface area contributed by atoms with Gasteiger partial charge in [-0.05, 0) is 25.0 Å². The molecule has 0 aliphatic carbocycles. The van der Waals surface area contributed by atoms with Crippen LogP contribution < -0.4 is 10.2 Å². The van der Waals surface area contributed by atoms with E-state index < -0.39 is 0 Å². The zero-order valence-electron chi connectivity index (χ0n) is 11.6. The Morgan fingerprint density at radius 1 is 1.24 bits per heavy atom. The van der Waals surface area contributed by atoms with E-state index in [1.165, 1.54) is 29.9 Å². The fourth-order valence-corrected chi connectivity index (χ4v) is 3.86. The van der Waals surface area contributed by atoms with Gasteiger partial charge in [-0.15, -0.1) is 11.3 Å². The van der Waals surface area contributed by atoms with E-state index in [0.29, 0.717) is 6.54 Å². The molecule has 21 heavy (non-hydrogen) atoms. The third kappa shape index (κ3) is 2.29. The number of carbonyl (C=O) groups excluding carboxylic acids is 1. The maximum Gasteiger partial charge on any atom is 0.263 e. The molecule has 4 rings (SSSR count). The second-order valence-corrected chi connectivity index (χ2v) is 6.40. The van der Waals surface area contributed by atoms with Crippen LogP contribution in [0.25, 0.3) is 10.7 Å². The van der Waals surface area contributed by atoms with Gasteiger partial charge in [0.1, 0.15) is 9.88 Å². The monoisotopic (exact) mass is 300 g/mol. The Labute approximate surface area is 127 Å². The van der Waals surface area contributed by atoms with Gasteiger partial charge in [0.25, 0.3) is 5.91 Å². The summed E-state index contributed by atoms with van der Waals surface area (Å²) in [5.41, 5.74) is 2.93. The summed E-state index contributed by atoms with van der Waals surface area (Å²) in [6, 6.07) is 4.12. The van der Waals surface area contributed by atoms with E-state index in [0.717, 1.165) is 40.8 Å². The van der Waals surface area contributed by atoms with Crippen molar-refractivity contribution in [2.75, 3.05) is 24.5 Å². The van der Waals surface area contributed by atoms with E-state index in [-0.39, 0.29) is 5.91 Å². The number of amides is 1. The highest BCUT2D eigenvalue weighted by atomic mass is 32.1. The highest BCUT2D eigenvalue weighted by molar-refractivity contribution is 7.17. The number of rotatable bonds is 2. The second-order valence-electron chi connectivity index (χ2n) is 5.40. The molecular formula is C15H16N4OS. The summed E-state index contributed by atoms with van der Waals surface area (Å²) >= 11 is 1.44. The van der Waals surface area contributed by atoms with E-state index in [2.05, 4.69) is 26.3 Å². The van der Waals surface area contributed by atoms with Crippen molar-refractivity contribution in [3.63, 3.8) is 0 Å². The Bertz CT molecular complexity index is 673. The van der Waals surface area contributed by atoms with Crippen molar-refractivity contribution >= 4 is 22.9 Å². The Morgan fingerprint density at radius 2 is 2.10 bits per heavy atom. The van der Waals surface area contributed by atoms with Crippen molar-refractivity contribution < 1.29 is 4.79 Å². The molecule has 0 radical (unpaired) electrons. The standard InChI is InChI=1S/C15H16N4OS/c20-14-13-11(5-6-16-14)18-15(21-13)12-4-3-10(9-17-12)19-7-1-2-8-19/h3-4,9H,1-2,5-8H2,(H,16,20). The zero-order chi connectivity index (χ0) is 14.2. The number of pyridine rings is 1. The first-order chi connectivity index (χ1) is 10.3. The molecule has 1 saturated heterocycles. The first-order valence-corrected chi connectivity index (χ1v) is 8.12. The molecule has 6 heteroatoms. The smallest absolute Gasteiger partial charge is 0.263 e. The van der Waals surface area contributed by atoms with Crippen LogP contribution in [0.5, 0.6) is 0 Å². The lowest BCUT2D eigenvalue weighted by molar-refractivity contribution is 0.0950. The fraction of sp³-hybridized carbons (Fsp3) is 0.400. The normalized spacial score (nSPS) is 17.7. The summed E-state index contributed by atoms with van der Waals surface area (Å²) in [4.78, 5) is 24.0. The molecule has 0 bridgehead atoms. The van der Waals surface area contributed by atoms with Crippen LogP contribution >= 0.6 is 11.3 Å². The number of nitrogens with zero attached hydrogens (tertiary/aromatic N) is 3. The van der Waals surface area contributed by atoms with Crippen LogP contribution in [0.2, 0.25) is 0 Å². The van der Waals surface area contributed by atoms with Gasteiger partial charge in [-0.2, -0.15) is 0 Å². The van der Waals surface area contributed by atoms with Crippen molar-refractivity contribution in [3.05, 3.63) is 28.9 Å². The first kappa shape index (κ1) is 12.8. The van der Waals surface area contributed by atoms with Crippen molar-refractivity contribution in [2.24, 2.45) is 0 Å². The van der Waals surface area contributed by atoms with E-state index in [1.807, 2.05) is 12.3 Å². The summed E-state index contributed by atoms with van der Waals surface area (Å²) in [6.07, 6.45) is 5.25. The van der Waals surface area contributed by atoms with Crippen LogP contribution in [0.1, 0.15) is 28.2 Å². The average Bonchev–Trinajstić information content (AvgIpc) is 3.18. The SMILES string of the molecule is O=C1NCCc2nc(-c3ccc(N4CCCC4)cn3)sc21. The average molecular weight is 300 g/mol. The van der Waals surface area contributed by atoms with E-state index in [4.69, 9.17) is 0 Å². The van der Waals surface area contributed by atoms with Crippen LogP contribution in [0.3, 0.4) is 0 Å². The molecule has 0 spiro atoms. The molecule has 108 valence electrons. The van der Waals surface area contributed by atoms with Crippen molar-refractivity contribution in [1.29, 1.82) is 0 Å². The van der Waals surface area contributed by atoms with Gasteiger partial charge in [-0.3, -0.25) is 9.78 Å². The van der Waals surface area contributed by atoms with Crippen molar-refractivity contribution in [2.45, 2.75) is 19.3 Å². The molecular weight excluding hydrogens is 284 g/mol. The van der Waals surface area contributed by atoms with Crippen molar-refractivity contribution in [3.8, 4) is 10.7 Å². The third-order valence-corrected chi connectivity index (χ3v) is 5.11. The molecule has 2 aromatic rings. The maximum absolute atomic E-state index is 11.8. The molecule has 1 N–H and O–H groups in total. The molecule has 2 aliphatic heterocycles. The predicted molar refractivity (Wildman–Crippen MR) is 82.8 cm³/mol. The predicted octanol–water partition coefficient (Wildman–Crippen LogP) is 2.09. The van der Waals surface area contributed by atoms with E-state index >= 15 is 0 Å².